The van der Waals surface area contributed by atoms with Gasteiger partial charge in [0.2, 0.25) is 0 Å². The minimum atomic E-state index is 0. The Labute approximate surface area is 38.5 Å². The molecule has 0 aromatic carbocycles. The molecule has 3 N–H and O–H groups in total. The number of hydrogen-bond acceptors (Lipinski definition) is 1. The van der Waals surface area contributed by atoms with Crippen molar-refractivity contribution in [1.29, 1.82) is 0 Å². The number of hydrogen-bond donors (Lipinski definition) is 1. The van der Waals surface area contributed by atoms with E-state index in [1.54, 1.807) is 0 Å². The zero-order valence-electron chi connectivity index (χ0n) is 1.86. The van der Waals surface area contributed by atoms with Gasteiger partial charge in [-0.1, -0.05) is 0 Å². The maximum atomic E-state index is 4.00. The zero-order valence-corrected chi connectivity index (χ0v) is 1.86. The van der Waals surface area contributed by atoms with Gasteiger partial charge in [-0.05, 0) is 0 Å². The van der Waals surface area contributed by atoms with Gasteiger partial charge >= 0.3 is 18.9 Å². The Hall–Kier alpha value is 0.117. The van der Waals surface area contributed by atoms with Gasteiger partial charge in [0.1, 0.15) is 0 Å². The molecule has 4 heavy (non-hydrogen) atoms. The van der Waals surface area contributed by atoms with E-state index >= 15 is 0 Å². The summed E-state index contributed by atoms with van der Waals surface area (Å²) in [5.41, 5.74) is 0. The second-order valence-corrected chi connectivity index (χ2v) is 0. The van der Waals surface area contributed by atoms with Crippen LogP contribution in [-0.4, -0.2) is 18.9 Å². The first-order valence-corrected chi connectivity index (χ1v) is 0.333. The predicted molar refractivity (Wildman–Crippen MR) is 22.1 cm³/mol. The van der Waals surface area contributed by atoms with Gasteiger partial charge in [0.25, 0.3) is 0 Å². The first kappa shape index (κ1) is 32.0. The normalized spacial score (nSPS) is 0.500. The Morgan fingerprint density at radius 3 is 1.00 bits per heavy atom. The van der Waals surface area contributed by atoms with Crippen LogP contribution in [0.3, 0.4) is 0 Å². The van der Waals surface area contributed by atoms with Crippen LogP contribution in [0.1, 0.15) is 0 Å². The molecular formula is C2H6LiN. The second-order valence-electron chi connectivity index (χ2n) is 0. The van der Waals surface area contributed by atoms with Crippen LogP contribution in [0.25, 0.3) is 0 Å². The van der Waals surface area contributed by atoms with E-state index in [1.165, 1.54) is 0 Å². The first-order chi connectivity index (χ1) is 1.00. The van der Waals surface area contributed by atoms with Crippen molar-refractivity contribution in [1.82, 2.24) is 6.15 Å². The van der Waals surface area contributed by atoms with Crippen LogP contribution in [0.2, 0.25) is 0 Å². The summed E-state index contributed by atoms with van der Waals surface area (Å²) in [7, 11) is 0. The molecule has 0 aliphatic carbocycles. The van der Waals surface area contributed by atoms with Crippen molar-refractivity contribution in [3.8, 4) is 12.8 Å². The number of terminal acetylenes is 1. The standard InChI is InChI=1S/C2H2.Li.H3N.H/c1-2;;;/h1-2H;;1H3;. The SMILES string of the molecule is C#C.N.[LiH]. The molecule has 0 amide bonds. The van der Waals surface area contributed by atoms with Crippen molar-refractivity contribution in [2.45, 2.75) is 0 Å². The van der Waals surface area contributed by atoms with Crippen molar-refractivity contribution in [3.63, 3.8) is 0 Å². The van der Waals surface area contributed by atoms with E-state index in [1.807, 2.05) is 0 Å². The minimum absolute atomic E-state index is 0. The molecule has 0 radical (unpaired) electrons. The first-order valence-electron chi connectivity index (χ1n) is 0.333. The number of rotatable bonds is 0. The molecule has 0 fully saturated rings. The fourth-order valence-electron chi connectivity index (χ4n) is 0. The fraction of sp³-hybridized carbons (Fsp3) is 0. The van der Waals surface area contributed by atoms with Gasteiger partial charge in [-0.25, -0.2) is 0 Å². The average Bonchev–Trinajstić information content (AvgIpc) is 1.00. The van der Waals surface area contributed by atoms with Crippen LogP contribution < -0.4 is 6.15 Å². The van der Waals surface area contributed by atoms with E-state index in [0.717, 1.165) is 0 Å². The molecule has 0 aromatic heterocycles. The third-order valence-electron chi connectivity index (χ3n) is 0. The second kappa shape index (κ2) is 1010. The van der Waals surface area contributed by atoms with Crippen molar-refractivity contribution in [3.05, 3.63) is 0 Å². The Morgan fingerprint density at radius 2 is 1.00 bits per heavy atom. The Balaban J connectivity index is -0.00000000500. The van der Waals surface area contributed by atoms with E-state index in [9.17, 15) is 0 Å². The molecule has 20 valence electrons. The summed E-state index contributed by atoms with van der Waals surface area (Å²) in [5, 5.41) is 0. The van der Waals surface area contributed by atoms with Crippen LogP contribution in [0.4, 0.5) is 0 Å². The topological polar surface area (TPSA) is 35.0 Å². The van der Waals surface area contributed by atoms with E-state index in [4.69, 9.17) is 0 Å². The summed E-state index contributed by atoms with van der Waals surface area (Å²) in [6.07, 6.45) is 8.00. The average molecular weight is 51.0 g/mol. The third-order valence-corrected chi connectivity index (χ3v) is 0. The van der Waals surface area contributed by atoms with Gasteiger partial charge in [0, 0.05) is 0 Å². The van der Waals surface area contributed by atoms with Crippen LogP contribution in [-0.2, 0) is 0 Å². The quantitative estimate of drug-likeness (QED) is 0.299. The zero-order chi connectivity index (χ0) is 2.00. The molecular weight excluding hydrogens is 45.0 g/mol. The van der Waals surface area contributed by atoms with E-state index in [-0.39, 0.29) is 25.0 Å². The molecule has 0 saturated carbocycles. The maximum absolute atomic E-state index is 4.00. The van der Waals surface area contributed by atoms with Crippen molar-refractivity contribution < 1.29 is 0 Å². The van der Waals surface area contributed by atoms with E-state index in [0.29, 0.717) is 0 Å². The fourth-order valence-corrected chi connectivity index (χ4v) is 0. The van der Waals surface area contributed by atoms with Gasteiger partial charge in [0.05, 0.1) is 0 Å². The molecule has 0 aromatic rings. The molecule has 2 heteroatoms. The Morgan fingerprint density at radius 1 is 1.00 bits per heavy atom. The van der Waals surface area contributed by atoms with Gasteiger partial charge < -0.3 is 6.15 Å². The molecule has 0 heterocycles. The summed E-state index contributed by atoms with van der Waals surface area (Å²) in [5.74, 6) is 0. The summed E-state index contributed by atoms with van der Waals surface area (Å²) >= 11 is 0. The molecule has 0 bridgehead atoms. The van der Waals surface area contributed by atoms with Gasteiger partial charge in [-0.3, -0.25) is 0 Å². The molecule has 0 spiro atoms. The van der Waals surface area contributed by atoms with Gasteiger partial charge in [-0.2, -0.15) is 0 Å². The Kier molecular flexibility index (Phi) is 8120. The van der Waals surface area contributed by atoms with E-state index in [2.05, 4.69) is 12.8 Å². The summed E-state index contributed by atoms with van der Waals surface area (Å²) in [6.45, 7) is 0. The van der Waals surface area contributed by atoms with Crippen molar-refractivity contribution in [2.24, 2.45) is 0 Å². The molecule has 0 rings (SSSR count). The van der Waals surface area contributed by atoms with E-state index < -0.39 is 0 Å². The Bertz CT molecular complexity index is 10.8. The molecule has 0 aliphatic heterocycles. The predicted octanol–water partition coefficient (Wildman–Crippen LogP) is -0.237. The van der Waals surface area contributed by atoms with Gasteiger partial charge in [-0.15, -0.1) is 12.8 Å². The van der Waals surface area contributed by atoms with Crippen LogP contribution in [0, 0.1) is 12.8 Å². The third kappa shape index (κ3) is 192. The molecule has 0 unspecified atom stereocenters. The molecule has 0 saturated heterocycles. The molecule has 1 nitrogen and oxygen atoms in total. The summed E-state index contributed by atoms with van der Waals surface area (Å²) < 4.78 is 0. The van der Waals surface area contributed by atoms with Crippen molar-refractivity contribution >= 4 is 18.9 Å². The monoisotopic (exact) mass is 51.1 g/mol. The summed E-state index contributed by atoms with van der Waals surface area (Å²) in [4.78, 5) is 0. The molecule has 0 aliphatic rings. The van der Waals surface area contributed by atoms with Gasteiger partial charge in [0.15, 0.2) is 0 Å². The van der Waals surface area contributed by atoms with Crippen LogP contribution in [0.15, 0.2) is 0 Å². The van der Waals surface area contributed by atoms with Crippen LogP contribution in [0.5, 0.6) is 0 Å². The summed E-state index contributed by atoms with van der Waals surface area (Å²) in [6, 6.07) is 0. The molecule has 0 atom stereocenters. The van der Waals surface area contributed by atoms with Crippen molar-refractivity contribution in [2.75, 3.05) is 0 Å². The van der Waals surface area contributed by atoms with Crippen LogP contribution >= 0.6 is 0 Å².